The highest BCUT2D eigenvalue weighted by Gasteiger charge is 2.13. The minimum Gasteiger partial charge on any atom is -0.288 e. The van der Waals surface area contributed by atoms with E-state index in [-0.39, 0.29) is 5.78 Å². The summed E-state index contributed by atoms with van der Waals surface area (Å²) in [5.41, 5.74) is 0.773. The average molecular weight is 150 g/mol. The highest BCUT2D eigenvalue weighted by atomic mass is 16.1. The van der Waals surface area contributed by atoms with Crippen LogP contribution >= 0.6 is 0 Å². The monoisotopic (exact) mass is 150 g/mol. The largest absolute Gasteiger partial charge is 0.288 e. The van der Waals surface area contributed by atoms with Crippen LogP contribution in [0.4, 0.5) is 0 Å². The van der Waals surface area contributed by atoms with Crippen molar-refractivity contribution in [2.45, 2.75) is 13.3 Å². The minimum absolute atomic E-state index is 0.118. The van der Waals surface area contributed by atoms with Gasteiger partial charge in [-0.1, -0.05) is 6.08 Å². The van der Waals surface area contributed by atoms with Crippen LogP contribution in [-0.2, 0) is 4.79 Å². The van der Waals surface area contributed by atoms with Crippen LogP contribution in [-0.4, -0.2) is 23.6 Å². The molecule has 0 aromatic carbocycles. The van der Waals surface area contributed by atoms with Gasteiger partial charge in [0.05, 0.1) is 0 Å². The third-order valence-corrected chi connectivity index (χ3v) is 1.63. The molecule has 0 radical (unpaired) electrons. The number of allylic oxidation sites excluding steroid dienone is 4. The summed E-state index contributed by atoms with van der Waals surface area (Å²) in [5, 5.41) is 0. The fourth-order valence-electron chi connectivity index (χ4n) is 1.06. The number of ketones is 1. The third-order valence-electron chi connectivity index (χ3n) is 1.63. The van der Waals surface area contributed by atoms with Crippen molar-refractivity contribution in [3.05, 3.63) is 23.9 Å². The van der Waals surface area contributed by atoms with E-state index in [1.54, 1.807) is 6.92 Å². The SMILES string of the molecule is CC(=O)C1=CCC=CC=[N+]1C. The molecular formula is C9H12NO+. The topological polar surface area (TPSA) is 20.1 Å². The number of likely N-dealkylation sites (N-methyl/N-ethyl adjacent to an activating group) is 1. The standard InChI is InChI=1S/C9H12NO/c1-8(11)9-6-4-3-5-7-10(9)2/h3,5-7H,4H2,1-2H3/q+1. The molecule has 0 atom stereocenters. The van der Waals surface area contributed by atoms with E-state index in [9.17, 15) is 4.79 Å². The predicted molar refractivity (Wildman–Crippen MR) is 44.8 cm³/mol. The van der Waals surface area contributed by atoms with Crippen LogP contribution in [0.3, 0.4) is 0 Å². The summed E-state index contributed by atoms with van der Waals surface area (Å²) in [6, 6.07) is 0. The van der Waals surface area contributed by atoms with Gasteiger partial charge in [-0.2, -0.15) is 4.58 Å². The van der Waals surface area contributed by atoms with Crippen LogP contribution in [0.5, 0.6) is 0 Å². The molecule has 58 valence electrons. The highest BCUT2D eigenvalue weighted by molar-refractivity contribution is 5.91. The molecule has 11 heavy (non-hydrogen) atoms. The van der Waals surface area contributed by atoms with Gasteiger partial charge in [0.2, 0.25) is 11.5 Å². The Bertz CT molecular complexity index is 259. The van der Waals surface area contributed by atoms with Crippen molar-refractivity contribution in [3.63, 3.8) is 0 Å². The van der Waals surface area contributed by atoms with Crippen LogP contribution in [0.1, 0.15) is 13.3 Å². The number of hydrogen-bond acceptors (Lipinski definition) is 1. The summed E-state index contributed by atoms with van der Waals surface area (Å²) in [5.74, 6) is 0.118. The molecule has 0 fully saturated rings. The lowest BCUT2D eigenvalue weighted by Crippen LogP contribution is -2.11. The number of rotatable bonds is 1. The summed E-state index contributed by atoms with van der Waals surface area (Å²) in [6.07, 6.45) is 8.64. The fourth-order valence-corrected chi connectivity index (χ4v) is 1.06. The molecule has 0 saturated carbocycles. The van der Waals surface area contributed by atoms with E-state index in [1.807, 2.05) is 36.1 Å². The maximum absolute atomic E-state index is 11.0. The molecule has 0 unspecified atom stereocenters. The molecule has 0 saturated heterocycles. The quantitative estimate of drug-likeness (QED) is 0.513. The van der Waals surface area contributed by atoms with Gasteiger partial charge in [0, 0.05) is 6.92 Å². The van der Waals surface area contributed by atoms with Crippen molar-refractivity contribution < 1.29 is 9.37 Å². The number of Topliss-reactive ketones (excluding diaryl/α,β-unsaturated/α-hetero) is 1. The van der Waals surface area contributed by atoms with Crippen molar-refractivity contribution in [1.82, 2.24) is 0 Å². The van der Waals surface area contributed by atoms with Crippen LogP contribution in [0.15, 0.2) is 23.9 Å². The molecule has 2 nitrogen and oxygen atoms in total. The van der Waals surface area contributed by atoms with Crippen molar-refractivity contribution in [3.8, 4) is 0 Å². The maximum Gasteiger partial charge on any atom is 0.244 e. The number of carbonyl (C=O) groups is 1. The second-order valence-electron chi connectivity index (χ2n) is 2.57. The van der Waals surface area contributed by atoms with E-state index in [4.69, 9.17) is 0 Å². The first kappa shape index (κ1) is 7.92. The van der Waals surface area contributed by atoms with Gasteiger partial charge in [0.15, 0.2) is 6.21 Å². The Morgan fingerprint density at radius 1 is 1.64 bits per heavy atom. The first-order valence-corrected chi connectivity index (χ1v) is 3.65. The first-order chi connectivity index (χ1) is 5.22. The lowest BCUT2D eigenvalue weighted by Gasteiger charge is -1.93. The molecule has 1 aliphatic rings. The second kappa shape index (κ2) is 3.28. The van der Waals surface area contributed by atoms with Crippen molar-refractivity contribution in [2.24, 2.45) is 0 Å². The van der Waals surface area contributed by atoms with E-state index in [0.29, 0.717) is 0 Å². The molecule has 0 bridgehead atoms. The molecule has 1 rings (SSSR count). The Labute approximate surface area is 66.5 Å². The molecule has 0 amide bonds. The lowest BCUT2D eigenvalue weighted by molar-refractivity contribution is -0.431. The van der Waals surface area contributed by atoms with Crippen molar-refractivity contribution >= 4 is 12.0 Å². The Morgan fingerprint density at radius 3 is 3.00 bits per heavy atom. The van der Waals surface area contributed by atoms with Crippen LogP contribution < -0.4 is 0 Å². The van der Waals surface area contributed by atoms with E-state index in [0.717, 1.165) is 12.1 Å². The zero-order chi connectivity index (χ0) is 8.27. The Kier molecular flexibility index (Phi) is 2.36. The summed E-state index contributed by atoms with van der Waals surface area (Å²) >= 11 is 0. The average Bonchev–Trinajstić information content (AvgIpc) is 2.13. The second-order valence-corrected chi connectivity index (χ2v) is 2.57. The fraction of sp³-hybridized carbons (Fsp3) is 0.333. The van der Waals surface area contributed by atoms with Gasteiger partial charge in [-0.3, -0.25) is 4.79 Å². The Hall–Kier alpha value is -1.18. The van der Waals surface area contributed by atoms with Gasteiger partial charge in [-0.15, -0.1) is 0 Å². The Balaban J connectivity index is 2.95. The van der Waals surface area contributed by atoms with Gasteiger partial charge in [-0.05, 0) is 18.6 Å². The van der Waals surface area contributed by atoms with Crippen molar-refractivity contribution in [2.75, 3.05) is 7.05 Å². The van der Waals surface area contributed by atoms with Gasteiger partial charge < -0.3 is 0 Å². The summed E-state index contributed by atoms with van der Waals surface area (Å²) < 4.78 is 1.84. The van der Waals surface area contributed by atoms with Gasteiger partial charge in [-0.25, -0.2) is 0 Å². The highest BCUT2D eigenvalue weighted by Crippen LogP contribution is 2.02. The molecule has 1 heterocycles. The molecule has 1 aliphatic heterocycles. The molecule has 0 aromatic rings. The minimum atomic E-state index is 0.118. The zero-order valence-electron chi connectivity index (χ0n) is 6.87. The third kappa shape index (κ3) is 1.87. The van der Waals surface area contributed by atoms with Gasteiger partial charge in [0.25, 0.3) is 0 Å². The maximum atomic E-state index is 11.0. The summed E-state index contributed by atoms with van der Waals surface area (Å²) in [7, 11) is 1.88. The predicted octanol–water partition coefficient (Wildman–Crippen LogP) is 1.13. The molecule has 0 spiro atoms. The normalized spacial score (nSPS) is 16.9. The van der Waals surface area contributed by atoms with E-state index >= 15 is 0 Å². The number of hydrogen-bond donors (Lipinski definition) is 0. The van der Waals surface area contributed by atoms with Crippen LogP contribution in [0.2, 0.25) is 0 Å². The Morgan fingerprint density at radius 2 is 2.36 bits per heavy atom. The molecular weight excluding hydrogens is 138 g/mol. The number of nitrogens with zero attached hydrogens (tertiary/aromatic N) is 1. The smallest absolute Gasteiger partial charge is 0.244 e. The zero-order valence-corrected chi connectivity index (χ0v) is 6.87. The molecule has 0 N–H and O–H groups in total. The van der Waals surface area contributed by atoms with Crippen LogP contribution in [0, 0.1) is 0 Å². The number of carbonyl (C=O) groups excluding carboxylic acids is 1. The van der Waals surface area contributed by atoms with Crippen molar-refractivity contribution in [1.29, 1.82) is 0 Å². The van der Waals surface area contributed by atoms with E-state index < -0.39 is 0 Å². The molecule has 2 heteroatoms. The van der Waals surface area contributed by atoms with Gasteiger partial charge >= 0.3 is 0 Å². The summed E-state index contributed by atoms with van der Waals surface area (Å²) in [4.78, 5) is 11.0. The summed E-state index contributed by atoms with van der Waals surface area (Å²) in [6.45, 7) is 1.58. The lowest BCUT2D eigenvalue weighted by atomic mass is 10.2. The van der Waals surface area contributed by atoms with E-state index in [2.05, 4.69) is 0 Å². The van der Waals surface area contributed by atoms with Gasteiger partial charge in [0.1, 0.15) is 7.05 Å². The molecule has 0 aliphatic carbocycles. The first-order valence-electron chi connectivity index (χ1n) is 3.65. The van der Waals surface area contributed by atoms with E-state index in [1.165, 1.54) is 0 Å². The molecule has 0 aromatic heterocycles. The van der Waals surface area contributed by atoms with Crippen LogP contribution in [0.25, 0.3) is 0 Å².